The summed E-state index contributed by atoms with van der Waals surface area (Å²) < 4.78 is 44.5. The summed E-state index contributed by atoms with van der Waals surface area (Å²) in [4.78, 5) is 1.82. The summed E-state index contributed by atoms with van der Waals surface area (Å²) in [6.07, 6.45) is 0. The van der Waals surface area contributed by atoms with Crippen LogP contribution >= 0.6 is 0 Å². The van der Waals surface area contributed by atoms with Crippen LogP contribution in [0.5, 0.6) is 0 Å². The number of benzene rings is 1. The zero-order valence-electron chi connectivity index (χ0n) is 11.1. The number of likely N-dealkylation sites (N-methyl/N-ethyl adjacent to an activating group) is 1. The molecule has 0 fully saturated rings. The number of halogens is 3. The molecule has 0 saturated carbocycles. The highest BCUT2D eigenvalue weighted by atomic mass is 19.2. The van der Waals surface area contributed by atoms with Crippen LogP contribution in [0.1, 0.15) is 18.5 Å². The van der Waals surface area contributed by atoms with Crippen molar-refractivity contribution in [2.75, 3.05) is 33.4 Å². The van der Waals surface area contributed by atoms with Gasteiger partial charge >= 0.3 is 0 Å². The maximum absolute atomic E-state index is 13.2. The van der Waals surface area contributed by atoms with E-state index in [1.807, 2.05) is 11.8 Å². The van der Waals surface area contributed by atoms with E-state index in [9.17, 15) is 13.2 Å². The summed E-state index contributed by atoms with van der Waals surface area (Å²) in [5, 5.41) is 0. The molecule has 1 rings (SSSR count). The number of nitrogens with zero attached hydrogens (tertiary/aromatic N) is 1. The highest BCUT2D eigenvalue weighted by Gasteiger charge is 2.19. The van der Waals surface area contributed by atoms with Crippen molar-refractivity contribution in [3.05, 3.63) is 35.1 Å². The van der Waals surface area contributed by atoms with Gasteiger partial charge in [-0.25, -0.2) is 13.2 Å². The second kappa shape index (κ2) is 7.47. The molecular formula is C13H19F3N2O. The number of hydrogen-bond acceptors (Lipinski definition) is 3. The highest BCUT2D eigenvalue weighted by molar-refractivity contribution is 5.23. The second-order valence-electron chi connectivity index (χ2n) is 4.23. The monoisotopic (exact) mass is 276 g/mol. The maximum Gasteiger partial charge on any atom is 0.194 e. The van der Waals surface area contributed by atoms with Gasteiger partial charge in [0, 0.05) is 25.7 Å². The van der Waals surface area contributed by atoms with Gasteiger partial charge in [-0.05, 0) is 31.7 Å². The molecule has 0 saturated heterocycles. The Bertz CT molecular complexity index is 392. The standard InChI is InChI=1S/C13H19F3N2O/c1-3-19-5-4-18(2)12(8-17)9-6-10(14)13(16)11(15)7-9/h6-7,12H,3-5,8,17H2,1-2H3. The third-order valence-electron chi connectivity index (χ3n) is 2.94. The first kappa shape index (κ1) is 15.9. The molecule has 3 nitrogen and oxygen atoms in total. The predicted molar refractivity (Wildman–Crippen MR) is 67.2 cm³/mol. The quantitative estimate of drug-likeness (QED) is 0.612. The van der Waals surface area contributed by atoms with Crippen LogP contribution < -0.4 is 5.73 Å². The topological polar surface area (TPSA) is 38.5 Å². The molecule has 108 valence electrons. The summed E-state index contributed by atoms with van der Waals surface area (Å²) in [7, 11) is 1.77. The molecule has 1 aromatic rings. The van der Waals surface area contributed by atoms with E-state index >= 15 is 0 Å². The third-order valence-corrected chi connectivity index (χ3v) is 2.94. The molecular weight excluding hydrogens is 257 g/mol. The van der Waals surface area contributed by atoms with Gasteiger partial charge in [-0.1, -0.05) is 0 Å². The second-order valence-corrected chi connectivity index (χ2v) is 4.23. The van der Waals surface area contributed by atoms with E-state index < -0.39 is 17.5 Å². The van der Waals surface area contributed by atoms with E-state index in [1.165, 1.54) is 0 Å². The lowest BCUT2D eigenvalue weighted by Crippen LogP contribution is -2.33. The van der Waals surface area contributed by atoms with Crippen LogP contribution in [-0.4, -0.2) is 38.3 Å². The Kier molecular flexibility index (Phi) is 6.27. The lowest BCUT2D eigenvalue weighted by Gasteiger charge is -2.27. The zero-order valence-corrected chi connectivity index (χ0v) is 11.1. The van der Waals surface area contributed by atoms with Crippen molar-refractivity contribution in [1.29, 1.82) is 0 Å². The van der Waals surface area contributed by atoms with Crippen molar-refractivity contribution in [2.45, 2.75) is 13.0 Å². The minimum atomic E-state index is -1.46. The Morgan fingerprint density at radius 1 is 1.26 bits per heavy atom. The average Bonchev–Trinajstić information content (AvgIpc) is 2.37. The van der Waals surface area contributed by atoms with Gasteiger partial charge in [-0.2, -0.15) is 0 Å². The first-order valence-corrected chi connectivity index (χ1v) is 6.13. The van der Waals surface area contributed by atoms with Crippen molar-refractivity contribution in [2.24, 2.45) is 5.73 Å². The van der Waals surface area contributed by atoms with E-state index in [-0.39, 0.29) is 12.6 Å². The molecule has 1 unspecified atom stereocenters. The molecule has 0 aromatic heterocycles. The van der Waals surface area contributed by atoms with Crippen molar-refractivity contribution < 1.29 is 17.9 Å². The summed E-state index contributed by atoms with van der Waals surface area (Å²) in [5.74, 6) is -3.87. The lowest BCUT2D eigenvalue weighted by molar-refractivity contribution is 0.108. The molecule has 0 heterocycles. The van der Waals surface area contributed by atoms with Crippen LogP contribution in [0.15, 0.2) is 12.1 Å². The third kappa shape index (κ3) is 4.19. The molecule has 1 atom stereocenters. The van der Waals surface area contributed by atoms with Crippen LogP contribution in [0, 0.1) is 17.5 Å². The van der Waals surface area contributed by atoms with E-state index in [1.54, 1.807) is 7.05 Å². The highest BCUT2D eigenvalue weighted by Crippen LogP contribution is 2.22. The van der Waals surface area contributed by atoms with Gasteiger partial charge in [-0.3, -0.25) is 4.90 Å². The average molecular weight is 276 g/mol. The zero-order chi connectivity index (χ0) is 14.4. The van der Waals surface area contributed by atoms with Gasteiger partial charge in [0.2, 0.25) is 0 Å². The minimum Gasteiger partial charge on any atom is -0.380 e. The van der Waals surface area contributed by atoms with Gasteiger partial charge in [0.15, 0.2) is 17.5 Å². The number of ether oxygens (including phenoxy) is 1. The largest absolute Gasteiger partial charge is 0.380 e. The Labute approximate surface area is 111 Å². The van der Waals surface area contributed by atoms with Crippen molar-refractivity contribution in [1.82, 2.24) is 4.90 Å². The Hall–Kier alpha value is -1.11. The number of hydrogen-bond donors (Lipinski definition) is 1. The first-order chi connectivity index (χ1) is 9.01. The van der Waals surface area contributed by atoms with Crippen molar-refractivity contribution in [3.8, 4) is 0 Å². The van der Waals surface area contributed by atoms with Crippen LogP contribution in [0.4, 0.5) is 13.2 Å². The van der Waals surface area contributed by atoms with Gasteiger partial charge in [0.1, 0.15) is 0 Å². The van der Waals surface area contributed by atoms with Gasteiger partial charge in [-0.15, -0.1) is 0 Å². The molecule has 0 aliphatic rings. The molecule has 0 aliphatic heterocycles. The molecule has 0 radical (unpaired) electrons. The molecule has 1 aromatic carbocycles. The molecule has 2 N–H and O–H groups in total. The maximum atomic E-state index is 13.2. The summed E-state index contributed by atoms with van der Waals surface area (Å²) in [5.41, 5.74) is 5.94. The van der Waals surface area contributed by atoms with Crippen molar-refractivity contribution in [3.63, 3.8) is 0 Å². The fourth-order valence-electron chi connectivity index (χ4n) is 1.85. The van der Waals surface area contributed by atoms with E-state index in [2.05, 4.69) is 0 Å². The fourth-order valence-corrected chi connectivity index (χ4v) is 1.85. The normalized spacial score (nSPS) is 13.0. The Balaban J connectivity index is 2.84. The molecule has 0 amide bonds. The van der Waals surface area contributed by atoms with E-state index in [0.717, 1.165) is 12.1 Å². The lowest BCUT2D eigenvalue weighted by atomic mass is 10.1. The van der Waals surface area contributed by atoms with Crippen LogP contribution in [0.3, 0.4) is 0 Å². The fraction of sp³-hybridized carbons (Fsp3) is 0.538. The smallest absolute Gasteiger partial charge is 0.194 e. The Morgan fingerprint density at radius 3 is 2.32 bits per heavy atom. The van der Waals surface area contributed by atoms with Gasteiger partial charge in [0.25, 0.3) is 0 Å². The summed E-state index contributed by atoms with van der Waals surface area (Å²) in [6, 6.07) is 1.57. The molecule has 0 spiro atoms. The Morgan fingerprint density at radius 2 is 1.84 bits per heavy atom. The number of rotatable bonds is 7. The summed E-state index contributed by atoms with van der Waals surface area (Å²) in [6.45, 7) is 3.71. The SMILES string of the molecule is CCOCCN(C)C(CN)c1cc(F)c(F)c(F)c1. The summed E-state index contributed by atoms with van der Waals surface area (Å²) >= 11 is 0. The van der Waals surface area contributed by atoms with Crippen LogP contribution in [-0.2, 0) is 4.74 Å². The molecule has 0 aliphatic carbocycles. The number of nitrogens with two attached hydrogens (primary N) is 1. The van der Waals surface area contributed by atoms with E-state index in [4.69, 9.17) is 10.5 Å². The van der Waals surface area contributed by atoms with Crippen LogP contribution in [0.25, 0.3) is 0 Å². The van der Waals surface area contributed by atoms with Gasteiger partial charge in [0.05, 0.1) is 6.61 Å². The molecule has 6 heteroatoms. The van der Waals surface area contributed by atoms with Crippen LogP contribution in [0.2, 0.25) is 0 Å². The first-order valence-electron chi connectivity index (χ1n) is 6.13. The minimum absolute atomic E-state index is 0.174. The van der Waals surface area contributed by atoms with Crippen molar-refractivity contribution >= 4 is 0 Å². The molecule has 19 heavy (non-hydrogen) atoms. The van der Waals surface area contributed by atoms with E-state index in [0.29, 0.717) is 25.3 Å². The molecule has 0 bridgehead atoms. The van der Waals surface area contributed by atoms with Gasteiger partial charge < -0.3 is 10.5 Å². The predicted octanol–water partition coefficient (Wildman–Crippen LogP) is 2.07.